The lowest BCUT2D eigenvalue weighted by atomic mass is 10.1. The number of benzene rings is 1. The number of tetrazole rings is 1. The number of hydrogen-bond acceptors (Lipinski definition) is 5. The van der Waals surface area contributed by atoms with E-state index in [4.69, 9.17) is 5.73 Å². The lowest BCUT2D eigenvalue weighted by Gasteiger charge is -2.02. The second-order valence-electron chi connectivity index (χ2n) is 3.79. The number of nitrogens with zero attached hydrogens (tertiary/aromatic N) is 4. The zero-order chi connectivity index (χ0) is 13.0. The topological polar surface area (TPSA) is 98.7 Å². The van der Waals surface area contributed by atoms with E-state index in [9.17, 15) is 4.79 Å². The maximum atomic E-state index is 11.8. The van der Waals surface area contributed by atoms with Crippen molar-refractivity contribution in [2.24, 2.45) is 12.8 Å². The van der Waals surface area contributed by atoms with Gasteiger partial charge in [0.1, 0.15) is 0 Å². The predicted molar refractivity (Wildman–Crippen MR) is 66.0 cm³/mol. The summed E-state index contributed by atoms with van der Waals surface area (Å²) in [6.07, 6.45) is 0.799. The number of aromatic nitrogens is 4. The van der Waals surface area contributed by atoms with E-state index in [0.717, 1.165) is 12.0 Å². The van der Waals surface area contributed by atoms with Crippen LogP contribution in [-0.2, 0) is 13.5 Å². The zero-order valence-electron chi connectivity index (χ0n) is 10.00. The Morgan fingerprint density at radius 2 is 2.11 bits per heavy atom. The van der Waals surface area contributed by atoms with Crippen molar-refractivity contribution in [1.29, 1.82) is 0 Å². The fraction of sp³-hybridized carbons (Fsp3) is 0.273. The average molecular weight is 246 g/mol. The lowest BCUT2D eigenvalue weighted by Crippen LogP contribution is -2.13. The summed E-state index contributed by atoms with van der Waals surface area (Å²) in [7, 11) is 1.63. The summed E-state index contributed by atoms with van der Waals surface area (Å²) in [4.78, 5) is 13.1. The Balaban J connectivity index is 2.04. The number of aryl methyl sites for hydroxylation is 1. The monoisotopic (exact) mass is 246 g/mol. The van der Waals surface area contributed by atoms with Crippen molar-refractivity contribution in [3.63, 3.8) is 0 Å². The molecule has 1 heterocycles. The van der Waals surface area contributed by atoms with Gasteiger partial charge in [0.25, 0.3) is 11.9 Å². The van der Waals surface area contributed by atoms with Gasteiger partial charge in [-0.1, -0.05) is 17.2 Å². The van der Waals surface area contributed by atoms with E-state index in [-0.39, 0.29) is 11.9 Å². The van der Waals surface area contributed by atoms with Crippen LogP contribution in [0.1, 0.15) is 15.9 Å². The van der Waals surface area contributed by atoms with Crippen LogP contribution >= 0.6 is 0 Å². The third kappa shape index (κ3) is 2.89. The van der Waals surface area contributed by atoms with Crippen LogP contribution in [0.3, 0.4) is 0 Å². The molecule has 0 bridgehead atoms. The highest BCUT2D eigenvalue weighted by Crippen LogP contribution is 2.06. The zero-order valence-corrected chi connectivity index (χ0v) is 10.00. The van der Waals surface area contributed by atoms with E-state index in [1.165, 1.54) is 4.80 Å². The molecule has 1 aromatic heterocycles. The highest BCUT2D eigenvalue weighted by atomic mass is 16.1. The van der Waals surface area contributed by atoms with Crippen LogP contribution in [0.2, 0.25) is 0 Å². The summed E-state index contributed by atoms with van der Waals surface area (Å²) < 4.78 is 0. The Morgan fingerprint density at radius 1 is 1.39 bits per heavy atom. The molecule has 0 saturated carbocycles. The molecular formula is C11H14N6O. The molecule has 0 aliphatic carbocycles. The fourth-order valence-corrected chi connectivity index (χ4v) is 1.50. The van der Waals surface area contributed by atoms with E-state index < -0.39 is 0 Å². The maximum Gasteiger partial charge on any atom is 0.270 e. The molecule has 0 spiro atoms. The van der Waals surface area contributed by atoms with Gasteiger partial charge in [-0.2, -0.15) is 4.80 Å². The molecule has 3 N–H and O–H groups in total. The van der Waals surface area contributed by atoms with Gasteiger partial charge in [0, 0.05) is 5.56 Å². The van der Waals surface area contributed by atoms with E-state index in [1.807, 2.05) is 12.1 Å². The summed E-state index contributed by atoms with van der Waals surface area (Å²) in [5.74, 6) is -0.0733. The van der Waals surface area contributed by atoms with Crippen molar-refractivity contribution >= 4 is 11.9 Å². The molecule has 7 heteroatoms. The molecule has 1 aromatic carbocycles. The molecule has 18 heavy (non-hydrogen) atoms. The van der Waals surface area contributed by atoms with E-state index >= 15 is 0 Å². The van der Waals surface area contributed by atoms with Gasteiger partial charge in [-0.05, 0) is 35.9 Å². The normalized spacial score (nSPS) is 10.3. The molecule has 94 valence electrons. The van der Waals surface area contributed by atoms with Crippen LogP contribution in [-0.4, -0.2) is 32.7 Å². The van der Waals surface area contributed by atoms with Crippen LogP contribution in [0.5, 0.6) is 0 Å². The molecule has 0 saturated heterocycles. The number of nitrogens with one attached hydrogen (secondary N) is 1. The van der Waals surface area contributed by atoms with Crippen molar-refractivity contribution < 1.29 is 4.79 Å². The molecule has 1 amide bonds. The van der Waals surface area contributed by atoms with E-state index in [1.54, 1.807) is 19.2 Å². The average Bonchev–Trinajstić information content (AvgIpc) is 2.76. The Morgan fingerprint density at radius 3 is 2.67 bits per heavy atom. The molecule has 2 aromatic rings. The SMILES string of the molecule is Cn1nnc(NC(=O)c2ccc(CCN)cc2)n1. The lowest BCUT2D eigenvalue weighted by molar-refractivity contribution is 0.102. The van der Waals surface area contributed by atoms with Gasteiger partial charge in [-0.3, -0.25) is 10.1 Å². The van der Waals surface area contributed by atoms with Crippen LogP contribution in [0.25, 0.3) is 0 Å². The molecule has 2 rings (SSSR count). The van der Waals surface area contributed by atoms with Crippen LogP contribution in [0, 0.1) is 0 Å². The van der Waals surface area contributed by atoms with E-state index in [0.29, 0.717) is 12.1 Å². The summed E-state index contributed by atoms with van der Waals surface area (Å²) in [6, 6.07) is 7.26. The minimum Gasteiger partial charge on any atom is -0.330 e. The van der Waals surface area contributed by atoms with Crippen molar-refractivity contribution in [2.75, 3.05) is 11.9 Å². The van der Waals surface area contributed by atoms with Crippen molar-refractivity contribution in [3.8, 4) is 0 Å². The van der Waals surface area contributed by atoms with Crippen LogP contribution < -0.4 is 11.1 Å². The first-order valence-corrected chi connectivity index (χ1v) is 5.53. The number of carbonyl (C=O) groups is 1. The molecular weight excluding hydrogens is 232 g/mol. The second kappa shape index (κ2) is 5.37. The Kier molecular flexibility index (Phi) is 3.63. The van der Waals surface area contributed by atoms with Gasteiger partial charge in [0.05, 0.1) is 7.05 Å². The largest absolute Gasteiger partial charge is 0.330 e. The standard InChI is InChI=1S/C11H14N6O/c1-17-15-11(14-16-17)13-10(18)9-4-2-8(3-5-9)6-7-12/h2-5H,6-7,12H2,1H3,(H,13,15,18). The third-order valence-corrected chi connectivity index (χ3v) is 2.38. The van der Waals surface area contributed by atoms with Gasteiger partial charge < -0.3 is 5.73 Å². The molecule has 0 atom stereocenters. The molecule has 0 radical (unpaired) electrons. The van der Waals surface area contributed by atoms with Gasteiger partial charge in [0.15, 0.2) is 0 Å². The number of rotatable bonds is 4. The van der Waals surface area contributed by atoms with Crippen LogP contribution in [0.15, 0.2) is 24.3 Å². The molecule has 7 nitrogen and oxygen atoms in total. The van der Waals surface area contributed by atoms with Gasteiger partial charge in [-0.25, -0.2) is 0 Å². The number of anilines is 1. The highest BCUT2D eigenvalue weighted by Gasteiger charge is 2.08. The van der Waals surface area contributed by atoms with Crippen LogP contribution in [0.4, 0.5) is 5.95 Å². The Labute approximate surface area is 104 Å². The molecule has 0 aliphatic rings. The van der Waals surface area contributed by atoms with Crippen molar-refractivity contribution in [3.05, 3.63) is 35.4 Å². The maximum absolute atomic E-state index is 11.8. The quantitative estimate of drug-likeness (QED) is 0.789. The molecule has 0 aliphatic heterocycles. The van der Waals surface area contributed by atoms with Gasteiger partial charge in [-0.15, -0.1) is 5.10 Å². The van der Waals surface area contributed by atoms with E-state index in [2.05, 4.69) is 20.7 Å². The summed E-state index contributed by atoms with van der Waals surface area (Å²) in [5, 5.41) is 13.7. The first kappa shape index (κ1) is 12.2. The van der Waals surface area contributed by atoms with Crippen molar-refractivity contribution in [1.82, 2.24) is 20.2 Å². The molecule has 0 fully saturated rings. The van der Waals surface area contributed by atoms with Gasteiger partial charge in [0.2, 0.25) is 0 Å². The summed E-state index contributed by atoms with van der Waals surface area (Å²) in [5.41, 5.74) is 7.11. The van der Waals surface area contributed by atoms with Crippen molar-refractivity contribution in [2.45, 2.75) is 6.42 Å². The predicted octanol–water partition coefficient (Wildman–Crippen LogP) is -0.0364. The minimum atomic E-state index is -0.262. The first-order valence-electron chi connectivity index (χ1n) is 5.53. The summed E-state index contributed by atoms with van der Waals surface area (Å²) in [6.45, 7) is 0.592. The summed E-state index contributed by atoms with van der Waals surface area (Å²) >= 11 is 0. The van der Waals surface area contributed by atoms with Gasteiger partial charge >= 0.3 is 0 Å². The number of hydrogen-bond donors (Lipinski definition) is 2. The number of amides is 1. The first-order chi connectivity index (χ1) is 8.69. The number of carbonyl (C=O) groups excluding carboxylic acids is 1. The molecule has 0 unspecified atom stereocenters. The number of nitrogens with two attached hydrogens (primary N) is 1. The second-order valence-corrected chi connectivity index (χ2v) is 3.79. The highest BCUT2D eigenvalue weighted by molar-refractivity contribution is 6.03. The Hall–Kier alpha value is -2.28. The third-order valence-electron chi connectivity index (χ3n) is 2.38. The Bertz CT molecular complexity index is 533. The smallest absolute Gasteiger partial charge is 0.270 e. The fourth-order valence-electron chi connectivity index (χ4n) is 1.50. The minimum absolute atomic E-state index is 0.188.